The van der Waals surface area contributed by atoms with Crippen molar-refractivity contribution in [3.8, 4) is 28.6 Å². The van der Waals surface area contributed by atoms with Gasteiger partial charge < -0.3 is 9.47 Å². The van der Waals surface area contributed by atoms with Crippen LogP contribution in [0.15, 0.2) is 89.1 Å². The molecule has 0 atom stereocenters. The molecule has 0 aliphatic rings. The van der Waals surface area contributed by atoms with Gasteiger partial charge in [-0.1, -0.05) is 42.1 Å². The van der Waals surface area contributed by atoms with E-state index in [2.05, 4.69) is 20.7 Å². The van der Waals surface area contributed by atoms with Crippen molar-refractivity contribution in [3.63, 3.8) is 0 Å². The second-order valence-corrected chi connectivity index (χ2v) is 7.97. The van der Waals surface area contributed by atoms with Gasteiger partial charge in [-0.3, -0.25) is 9.36 Å². The van der Waals surface area contributed by atoms with E-state index in [4.69, 9.17) is 9.47 Å². The van der Waals surface area contributed by atoms with Gasteiger partial charge in [0.2, 0.25) is 0 Å². The minimum atomic E-state index is -0.259. The fourth-order valence-electron chi connectivity index (χ4n) is 3.21. The van der Waals surface area contributed by atoms with E-state index in [1.807, 2.05) is 83.4 Å². The van der Waals surface area contributed by atoms with Crippen LogP contribution in [-0.4, -0.2) is 46.9 Å². The molecule has 0 aliphatic heterocycles. The van der Waals surface area contributed by atoms with Crippen LogP contribution in [0.2, 0.25) is 0 Å². The third-order valence-electron chi connectivity index (χ3n) is 4.86. The summed E-state index contributed by atoms with van der Waals surface area (Å²) in [5.41, 5.74) is 5.10. The van der Waals surface area contributed by atoms with Gasteiger partial charge in [0.1, 0.15) is 11.5 Å². The Morgan fingerprint density at radius 2 is 1.71 bits per heavy atom. The van der Waals surface area contributed by atoms with Crippen LogP contribution in [0.3, 0.4) is 0 Å². The summed E-state index contributed by atoms with van der Waals surface area (Å²) in [6.45, 7) is 0. The van der Waals surface area contributed by atoms with E-state index in [-0.39, 0.29) is 11.7 Å². The number of hydrogen-bond donors (Lipinski definition) is 1. The van der Waals surface area contributed by atoms with E-state index < -0.39 is 0 Å². The maximum Gasteiger partial charge on any atom is 0.250 e. The number of hydrogen-bond acceptors (Lipinski definition) is 7. The first-order valence-electron chi connectivity index (χ1n) is 10.4. The van der Waals surface area contributed by atoms with Gasteiger partial charge in [0, 0.05) is 16.8 Å². The van der Waals surface area contributed by atoms with Crippen molar-refractivity contribution in [2.75, 3.05) is 20.0 Å². The molecule has 8 nitrogen and oxygen atoms in total. The van der Waals surface area contributed by atoms with Crippen LogP contribution in [0.4, 0.5) is 0 Å². The number of rotatable bonds is 9. The van der Waals surface area contributed by atoms with E-state index in [1.54, 1.807) is 20.4 Å². The lowest BCUT2D eigenvalue weighted by atomic mass is 10.2. The molecule has 0 radical (unpaired) electrons. The van der Waals surface area contributed by atoms with Crippen molar-refractivity contribution >= 4 is 23.9 Å². The number of nitrogens with one attached hydrogen (secondary N) is 1. The SMILES string of the molecule is COc1ccc(-c2nnc(SCC(=O)N/N=C/c3ccccc3OC)n2-c2ccccc2)cc1. The van der Waals surface area contributed by atoms with E-state index in [0.717, 1.165) is 22.6 Å². The van der Waals surface area contributed by atoms with E-state index in [1.165, 1.54) is 11.8 Å². The molecule has 3 aromatic carbocycles. The van der Waals surface area contributed by atoms with E-state index >= 15 is 0 Å². The molecule has 0 saturated heterocycles. The van der Waals surface area contributed by atoms with Crippen molar-refractivity contribution in [1.29, 1.82) is 0 Å². The van der Waals surface area contributed by atoms with Crippen LogP contribution in [-0.2, 0) is 4.79 Å². The van der Waals surface area contributed by atoms with Gasteiger partial charge in [0.25, 0.3) is 5.91 Å². The number of methoxy groups -OCH3 is 2. The highest BCUT2D eigenvalue weighted by molar-refractivity contribution is 7.99. The average molecular weight is 474 g/mol. The quantitative estimate of drug-likeness (QED) is 0.223. The Labute approximate surface area is 201 Å². The van der Waals surface area contributed by atoms with Gasteiger partial charge in [-0.05, 0) is 48.5 Å². The molecule has 1 amide bonds. The molecule has 172 valence electrons. The van der Waals surface area contributed by atoms with Crippen LogP contribution in [0, 0.1) is 0 Å². The Kier molecular flexibility index (Phi) is 7.56. The van der Waals surface area contributed by atoms with Gasteiger partial charge in [-0.25, -0.2) is 5.43 Å². The number of thioether (sulfide) groups is 1. The fraction of sp³-hybridized carbons (Fsp3) is 0.120. The molecular weight excluding hydrogens is 450 g/mol. The first-order chi connectivity index (χ1) is 16.7. The third kappa shape index (κ3) is 5.44. The molecule has 9 heteroatoms. The van der Waals surface area contributed by atoms with Crippen LogP contribution < -0.4 is 14.9 Å². The highest BCUT2D eigenvalue weighted by atomic mass is 32.2. The van der Waals surface area contributed by atoms with Crippen LogP contribution in [0.25, 0.3) is 17.1 Å². The van der Waals surface area contributed by atoms with Crippen molar-refractivity contribution in [2.45, 2.75) is 5.16 Å². The van der Waals surface area contributed by atoms with Gasteiger partial charge in [-0.2, -0.15) is 5.10 Å². The summed E-state index contributed by atoms with van der Waals surface area (Å²) < 4.78 is 12.5. The monoisotopic (exact) mass is 473 g/mol. The van der Waals surface area contributed by atoms with E-state index in [0.29, 0.717) is 16.7 Å². The lowest BCUT2D eigenvalue weighted by Gasteiger charge is -2.10. The molecule has 4 rings (SSSR count). The van der Waals surface area contributed by atoms with Crippen LogP contribution in [0.1, 0.15) is 5.56 Å². The number of hydrazone groups is 1. The molecule has 1 heterocycles. The number of ether oxygens (including phenoxy) is 2. The molecule has 0 fully saturated rings. The Morgan fingerprint density at radius 1 is 0.971 bits per heavy atom. The Bertz CT molecular complexity index is 1270. The number of benzene rings is 3. The smallest absolute Gasteiger partial charge is 0.250 e. The highest BCUT2D eigenvalue weighted by Gasteiger charge is 2.17. The number of nitrogens with zero attached hydrogens (tertiary/aromatic N) is 4. The summed E-state index contributed by atoms with van der Waals surface area (Å²) in [5.74, 6) is 1.97. The van der Waals surface area contributed by atoms with Crippen molar-refractivity contribution < 1.29 is 14.3 Å². The van der Waals surface area contributed by atoms with Crippen molar-refractivity contribution in [2.24, 2.45) is 5.10 Å². The Hall–Kier alpha value is -4.11. The van der Waals surface area contributed by atoms with Gasteiger partial charge >= 0.3 is 0 Å². The number of amides is 1. The second kappa shape index (κ2) is 11.2. The molecule has 4 aromatic rings. The predicted molar refractivity (Wildman–Crippen MR) is 133 cm³/mol. The maximum atomic E-state index is 12.4. The molecule has 0 saturated carbocycles. The predicted octanol–water partition coefficient (Wildman–Crippen LogP) is 4.19. The Morgan fingerprint density at radius 3 is 2.44 bits per heavy atom. The number of para-hydroxylation sites is 2. The molecule has 0 unspecified atom stereocenters. The molecule has 1 aromatic heterocycles. The van der Waals surface area contributed by atoms with Crippen LogP contribution in [0.5, 0.6) is 11.5 Å². The lowest BCUT2D eigenvalue weighted by molar-refractivity contribution is -0.118. The summed E-state index contributed by atoms with van der Waals surface area (Å²) in [5, 5.41) is 13.4. The number of aromatic nitrogens is 3. The highest BCUT2D eigenvalue weighted by Crippen LogP contribution is 2.29. The van der Waals surface area contributed by atoms with Crippen LogP contribution >= 0.6 is 11.8 Å². The third-order valence-corrected chi connectivity index (χ3v) is 5.79. The number of carbonyl (C=O) groups is 1. The molecule has 1 N–H and O–H groups in total. The van der Waals surface area contributed by atoms with Gasteiger partial charge in [0.15, 0.2) is 11.0 Å². The fourth-order valence-corrected chi connectivity index (χ4v) is 3.95. The summed E-state index contributed by atoms with van der Waals surface area (Å²) >= 11 is 1.28. The number of carbonyl (C=O) groups excluding carboxylic acids is 1. The van der Waals surface area contributed by atoms with Gasteiger partial charge in [0.05, 0.1) is 26.2 Å². The largest absolute Gasteiger partial charge is 0.497 e. The standard InChI is InChI=1S/C25H23N5O3S/c1-32-21-14-12-18(13-15-21)24-28-29-25(30(24)20-9-4-3-5-10-20)34-17-23(31)27-26-16-19-8-6-7-11-22(19)33-2/h3-16H,17H2,1-2H3,(H,27,31)/b26-16+. The topological polar surface area (TPSA) is 90.6 Å². The summed E-state index contributed by atoms with van der Waals surface area (Å²) in [7, 11) is 3.21. The second-order valence-electron chi connectivity index (χ2n) is 7.03. The molecule has 0 aliphatic carbocycles. The summed E-state index contributed by atoms with van der Waals surface area (Å²) in [4.78, 5) is 12.4. The molecular formula is C25H23N5O3S. The minimum absolute atomic E-state index is 0.122. The average Bonchev–Trinajstić information content (AvgIpc) is 3.32. The first-order valence-corrected chi connectivity index (χ1v) is 11.4. The molecule has 34 heavy (non-hydrogen) atoms. The zero-order chi connectivity index (χ0) is 23.8. The van der Waals surface area contributed by atoms with Gasteiger partial charge in [-0.15, -0.1) is 10.2 Å². The summed E-state index contributed by atoms with van der Waals surface area (Å²) in [6.07, 6.45) is 1.55. The summed E-state index contributed by atoms with van der Waals surface area (Å²) in [6, 6.07) is 24.8. The lowest BCUT2D eigenvalue weighted by Crippen LogP contribution is -2.20. The van der Waals surface area contributed by atoms with Crippen molar-refractivity contribution in [3.05, 3.63) is 84.4 Å². The minimum Gasteiger partial charge on any atom is -0.497 e. The zero-order valence-electron chi connectivity index (χ0n) is 18.7. The van der Waals surface area contributed by atoms with Crippen molar-refractivity contribution in [1.82, 2.24) is 20.2 Å². The molecule has 0 spiro atoms. The Balaban J connectivity index is 1.50. The van der Waals surface area contributed by atoms with E-state index in [9.17, 15) is 4.79 Å². The molecule has 0 bridgehead atoms. The normalized spacial score (nSPS) is 10.9. The zero-order valence-corrected chi connectivity index (χ0v) is 19.5. The first kappa shape index (κ1) is 23.1. The maximum absolute atomic E-state index is 12.4.